The summed E-state index contributed by atoms with van der Waals surface area (Å²) in [6.45, 7) is 3.20. The van der Waals surface area contributed by atoms with Gasteiger partial charge in [-0.3, -0.25) is 9.59 Å². The Bertz CT molecular complexity index is 1200. The summed E-state index contributed by atoms with van der Waals surface area (Å²) in [5, 5.41) is 3.57. The molecule has 3 aromatic carbocycles. The Balaban J connectivity index is 1.59. The number of benzene rings is 3. The van der Waals surface area contributed by atoms with Crippen molar-refractivity contribution in [2.45, 2.75) is 32.5 Å². The van der Waals surface area contributed by atoms with Crippen molar-refractivity contribution in [1.82, 2.24) is 10.2 Å². The summed E-state index contributed by atoms with van der Waals surface area (Å²) in [4.78, 5) is 28.0. The highest BCUT2D eigenvalue weighted by atomic mass is 35.5. The van der Waals surface area contributed by atoms with Crippen LogP contribution in [0.2, 0.25) is 5.02 Å². The highest BCUT2D eigenvalue weighted by Gasteiger charge is 2.34. The van der Waals surface area contributed by atoms with E-state index in [0.717, 1.165) is 16.7 Å². The van der Waals surface area contributed by atoms with Crippen molar-refractivity contribution in [3.05, 3.63) is 94.0 Å². The second-order valence-corrected chi connectivity index (χ2v) is 8.50. The Morgan fingerprint density at radius 1 is 1.09 bits per heavy atom. The predicted octanol–water partition coefficient (Wildman–Crippen LogP) is 5.15. The van der Waals surface area contributed by atoms with E-state index in [0.29, 0.717) is 41.8 Å². The van der Waals surface area contributed by atoms with Gasteiger partial charge in [-0.2, -0.15) is 0 Å². The summed E-state index contributed by atoms with van der Waals surface area (Å²) >= 11 is 6.06. The number of hydrogen-bond donors (Lipinski definition) is 1. The molecule has 1 aliphatic heterocycles. The molecule has 0 fully saturated rings. The van der Waals surface area contributed by atoms with Gasteiger partial charge in [0.05, 0.1) is 26.2 Å². The molecule has 34 heavy (non-hydrogen) atoms. The van der Waals surface area contributed by atoms with Crippen LogP contribution in [0.15, 0.2) is 66.7 Å². The van der Waals surface area contributed by atoms with E-state index < -0.39 is 6.04 Å². The van der Waals surface area contributed by atoms with Crippen LogP contribution in [0.3, 0.4) is 0 Å². The smallest absolute Gasteiger partial charge is 0.255 e. The number of nitrogens with one attached hydrogen (secondary N) is 1. The first-order valence-electron chi connectivity index (χ1n) is 11.2. The molecule has 1 atom stereocenters. The zero-order chi connectivity index (χ0) is 24.1. The number of halogens is 1. The quantitative estimate of drug-likeness (QED) is 0.461. The van der Waals surface area contributed by atoms with Gasteiger partial charge >= 0.3 is 0 Å². The van der Waals surface area contributed by atoms with Crippen LogP contribution >= 0.6 is 11.6 Å². The van der Waals surface area contributed by atoms with Gasteiger partial charge < -0.3 is 19.7 Å². The maximum atomic E-state index is 13.3. The molecule has 0 spiro atoms. The molecule has 1 heterocycles. The van der Waals surface area contributed by atoms with Gasteiger partial charge in [0.25, 0.3) is 5.91 Å². The minimum Gasteiger partial charge on any atom is -0.493 e. The molecule has 0 aliphatic carbocycles. The topological polar surface area (TPSA) is 67.9 Å². The Morgan fingerprint density at radius 3 is 2.65 bits per heavy atom. The zero-order valence-electron chi connectivity index (χ0n) is 19.2. The van der Waals surface area contributed by atoms with Gasteiger partial charge in [0.2, 0.25) is 5.91 Å². The van der Waals surface area contributed by atoms with E-state index in [1.807, 2.05) is 67.6 Å². The van der Waals surface area contributed by atoms with Gasteiger partial charge in [-0.05, 0) is 53.9 Å². The van der Waals surface area contributed by atoms with Crippen molar-refractivity contribution in [2.24, 2.45) is 0 Å². The SMILES string of the molecule is CCOc1ccc([C@H](CC(=O)NCc2cccc(Cl)c2)N2Cc3ccccc3C2=O)cc1OC. The number of methoxy groups -OCH3 is 1. The molecule has 0 bridgehead atoms. The first-order valence-corrected chi connectivity index (χ1v) is 11.6. The Labute approximate surface area is 204 Å². The van der Waals surface area contributed by atoms with Crippen LogP contribution < -0.4 is 14.8 Å². The molecule has 6 nitrogen and oxygen atoms in total. The second kappa shape index (κ2) is 10.6. The van der Waals surface area contributed by atoms with Gasteiger partial charge in [-0.1, -0.05) is 48.0 Å². The molecule has 2 amide bonds. The highest BCUT2D eigenvalue weighted by molar-refractivity contribution is 6.30. The van der Waals surface area contributed by atoms with E-state index in [2.05, 4.69) is 5.32 Å². The molecule has 0 aromatic heterocycles. The van der Waals surface area contributed by atoms with Gasteiger partial charge in [0.15, 0.2) is 11.5 Å². The van der Waals surface area contributed by atoms with Crippen LogP contribution in [-0.2, 0) is 17.9 Å². The third kappa shape index (κ3) is 5.18. The average molecular weight is 479 g/mol. The summed E-state index contributed by atoms with van der Waals surface area (Å²) in [6.07, 6.45) is 0.109. The third-order valence-electron chi connectivity index (χ3n) is 5.86. The largest absolute Gasteiger partial charge is 0.493 e. The number of ether oxygens (including phenoxy) is 2. The predicted molar refractivity (Wildman–Crippen MR) is 131 cm³/mol. The lowest BCUT2D eigenvalue weighted by molar-refractivity contribution is -0.122. The first-order chi connectivity index (χ1) is 16.5. The normalized spacial score (nSPS) is 13.4. The van der Waals surface area contributed by atoms with E-state index in [-0.39, 0.29) is 18.2 Å². The highest BCUT2D eigenvalue weighted by Crippen LogP contribution is 2.37. The summed E-state index contributed by atoms with van der Waals surface area (Å²) < 4.78 is 11.2. The monoisotopic (exact) mass is 478 g/mol. The molecule has 4 rings (SSSR count). The number of carbonyl (C=O) groups excluding carboxylic acids is 2. The van der Waals surface area contributed by atoms with Crippen LogP contribution in [0.25, 0.3) is 0 Å². The van der Waals surface area contributed by atoms with Gasteiger partial charge in [-0.25, -0.2) is 0 Å². The Kier molecular flexibility index (Phi) is 7.38. The number of nitrogens with zero attached hydrogens (tertiary/aromatic N) is 1. The molecule has 176 valence electrons. The molecule has 3 aromatic rings. The van der Waals surface area contributed by atoms with Crippen LogP contribution in [0.5, 0.6) is 11.5 Å². The molecule has 0 saturated carbocycles. The number of carbonyl (C=O) groups is 2. The molecule has 1 N–H and O–H groups in total. The Morgan fingerprint density at radius 2 is 1.91 bits per heavy atom. The van der Waals surface area contributed by atoms with E-state index in [1.54, 1.807) is 18.1 Å². The number of hydrogen-bond acceptors (Lipinski definition) is 4. The van der Waals surface area contributed by atoms with E-state index in [4.69, 9.17) is 21.1 Å². The first kappa shape index (κ1) is 23.6. The lowest BCUT2D eigenvalue weighted by atomic mass is 10.0. The maximum absolute atomic E-state index is 13.3. The van der Waals surface area contributed by atoms with Crippen molar-refractivity contribution in [3.8, 4) is 11.5 Å². The molecule has 7 heteroatoms. The molecule has 0 radical (unpaired) electrons. The fraction of sp³-hybridized carbons (Fsp3) is 0.259. The van der Waals surface area contributed by atoms with Gasteiger partial charge in [0, 0.05) is 23.7 Å². The number of amides is 2. The van der Waals surface area contributed by atoms with Crippen molar-refractivity contribution < 1.29 is 19.1 Å². The fourth-order valence-electron chi connectivity index (χ4n) is 4.20. The summed E-state index contributed by atoms with van der Waals surface area (Å²) in [5.41, 5.74) is 3.34. The minimum absolute atomic E-state index is 0.0870. The van der Waals surface area contributed by atoms with E-state index >= 15 is 0 Å². The van der Waals surface area contributed by atoms with Crippen molar-refractivity contribution in [3.63, 3.8) is 0 Å². The van der Waals surface area contributed by atoms with Crippen LogP contribution in [-0.4, -0.2) is 30.4 Å². The summed E-state index contributed by atoms with van der Waals surface area (Å²) in [7, 11) is 1.57. The summed E-state index contributed by atoms with van der Waals surface area (Å²) in [6, 6.07) is 20.0. The lowest BCUT2D eigenvalue weighted by Gasteiger charge is -2.28. The van der Waals surface area contributed by atoms with Crippen LogP contribution in [0.1, 0.15) is 46.4 Å². The van der Waals surface area contributed by atoms with E-state index in [1.165, 1.54) is 0 Å². The lowest BCUT2D eigenvalue weighted by Crippen LogP contribution is -2.34. The Hall–Kier alpha value is -3.51. The molecule has 1 aliphatic rings. The number of rotatable bonds is 9. The minimum atomic E-state index is -0.469. The van der Waals surface area contributed by atoms with Crippen molar-refractivity contribution in [2.75, 3.05) is 13.7 Å². The summed E-state index contributed by atoms with van der Waals surface area (Å²) in [5.74, 6) is 0.930. The van der Waals surface area contributed by atoms with Crippen LogP contribution in [0, 0.1) is 0 Å². The average Bonchev–Trinajstić information content (AvgIpc) is 3.18. The van der Waals surface area contributed by atoms with Gasteiger partial charge in [-0.15, -0.1) is 0 Å². The standard InChI is InChI=1S/C27H27ClN2O4/c1-3-34-24-12-11-19(14-25(24)33-2)23(30-17-20-8-4-5-10-22(20)27(30)32)15-26(31)29-16-18-7-6-9-21(28)13-18/h4-14,23H,3,15-17H2,1-2H3,(H,29,31)/t23-/m0/s1. The molecular weight excluding hydrogens is 452 g/mol. The fourth-order valence-corrected chi connectivity index (χ4v) is 4.41. The second-order valence-electron chi connectivity index (χ2n) is 8.06. The molecule has 0 saturated heterocycles. The molecular formula is C27H27ClN2O4. The zero-order valence-corrected chi connectivity index (χ0v) is 20.0. The number of fused-ring (bicyclic) bond motifs is 1. The van der Waals surface area contributed by atoms with Gasteiger partial charge in [0.1, 0.15) is 0 Å². The maximum Gasteiger partial charge on any atom is 0.255 e. The van der Waals surface area contributed by atoms with Crippen LogP contribution in [0.4, 0.5) is 0 Å². The molecule has 0 unspecified atom stereocenters. The third-order valence-corrected chi connectivity index (χ3v) is 6.09. The van der Waals surface area contributed by atoms with Crippen molar-refractivity contribution in [1.29, 1.82) is 0 Å². The van der Waals surface area contributed by atoms with Crippen molar-refractivity contribution >= 4 is 23.4 Å². The van der Waals surface area contributed by atoms with E-state index in [9.17, 15) is 9.59 Å².